The number of benzene rings is 2. The summed E-state index contributed by atoms with van der Waals surface area (Å²) in [5.41, 5.74) is 3.98. The molecule has 0 fully saturated rings. The molecule has 0 radical (unpaired) electrons. The summed E-state index contributed by atoms with van der Waals surface area (Å²) >= 11 is 12.3. The van der Waals surface area contributed by atoms with Gasteiger partial charge in [0.25, 0.3) is 0 Å². The second-order valence-electron chi connectivity index (χ2n) is 8.29. The number of nitrogens with one attached hydrogen (secondary N) is 1. The van der Waals surface area contributed by atoms with Gasteiger partial charge in [-0.05, 0) is 62.5 Å². The van der Waals surface area contributed by atoms with Crippen LogP contribution in [-0.2, 0) is 0 Å². The molecule has 4 rings (SSSR count). The lowest BCUT2D eigenvalue weighted by Crippen LogP contribution is -2.19. The minimum absolute atomic E-state index is 0. The minimum atomic E-state index is -0.164. The van der Waals surface area contributed by atoms with Crippen LogP contribution in [0.25, 0.3) is 22.0 Å². The molecule has 2 aromatic heterocycles. The number of nitrogens with zero attached hydrogens (tertiary/aromatic N) is 3. The molecule has 0 unspecified atom stereocenters. The molecule has 0 aliphatic rings. The summed E-state index contributed by atoms with van der Waals surface area (Å²) in [6.07, 6.45) is 3.22. The molecule has 0 aliphatic carbocycles. The summed E-state index contributed by atoms with van der Waals surface area (Å²) in [7, 11) is 3.96. The maximum Gasteiger partial charge on any atom is 0.213 e. The molecular formula is C27H28Cl2N4O3. The standard InChI is InChI=1S/C26H24Cl2N4O3.CH4/c1-15(33)20-14-29-23-6-4-16(17-11-21(27)26(34)22(28)12-17)10-19(23)25(20)31-18-5-7-24(30-13-18)35-9-8-32(2)3;/h4-7,10-14,34H,8-9H2,1-3H3,(H,29,31);1H4. The Balaban J connectivity index is 0.00000361. The predicted octanol–water partition coefficient (Wildman–Crippen LogP) is 6.83. The second-order valence-corrected chi connectivity index (χ2v) is 9.10. The van der Waals surface area contributed by atoms with Crippen LogP contribution in [0.15, 0.2) is 54.9 Å². The number of rotatable bonds is 8. The van der Waals surface area contributed by atoms with Crippen LogP contribution in [0.2, 0.25) is 10.0 Å². The Labute approximate surface area is 220 Å². The molecule has 2 N–H and O–H groups in total. The number of phenolic OH excluding ortho intramolecular Hbond substituents is 1. The zero-order chi connectivity index (χ0) is 25.1. The molecule has 2 heterocycles. The van der Waals surface area contributed by atoms with Crippen molar-refractivity contribution >= 4 is 51.3 Å². The van der Waals surface area contributed by atoms with Gasteiger partial charge in [0.1, 0.15) is 6.61 Å². The predicted molar refractivity (Wildman–Crippen MR) is 147 cm³/mol. The molecule has 0 spiro atoms. The number of fused-ring (bicyclic) bond motifs is 1. The Morgan fingerprint density at radius 1 is 1.03 bits per heavy atom. The molecule has 188 valence electrons. The van der Waals surface area contributed by atoms with Gasteiger partial charge >= 0.3 is 0 Å². The van der Waals surface area contributed by atoms with E-state index >= 15 is 0 Å². The number of carbonyl (C=O) groups excluding carboxylic acids is 1. The average molecular weight is 527 g/mol. The lowest BCUT2D eigenvalue weighted by Gasteiger charge is -2.15. The van der Waals surface area contributed by atoms with E-state index in [-0.39, 0.29) is 29.0 Å². The van der Waals surface area contributed by atoms with Crippen molar-refractivity contribution in [1.29, 1.82) is 0 Å². The normalized spacial score (nSPS) is 10.8. The third-order valence-electron chi connectivity index (χ3n) is 5.39. The molecule has 9 heteroatoms. The largest absolute Gasteiger partial charge is 0.505 e. The number of Topliss-reactive ketones (excluding diaryl/α,β-unsaturated/α-hetero) is 1. The number of carbonyl (C=O) groups is 1. The fourth-order valence-electron chi connectivity index (χ4n) is 3.52. The van der Waals surface area contributed by atoms with Crippen LogP contribution in [0.4, 0.5) is 11.4 Å². The number of hydrogen-bond donors (Lipinski definition) is 2. The van der Waals surface area contributed by atoms with Gasteiger partial charge < -0.3 is 20.1 Å². The van der Waals surface area contributed by atoms with Crippen molar-refractivity contribution < 1.29 is 14.6 Å². The molecule has 0 atom stereocenters. The van der Waals surface area contributed by atoms with E-state index in [4.69, 9.17) is 27.9 Å². The van der Waals surface area contributed by atoms with E-state index in [1.807, 2.05) is 43.3 Å². The van der Waals surface area contributed by atoms with Crippen LogP contribution >= 0.6 is 23.2 Å². The number of pyridine rings is 2. The van der Waals surface area contributed by atoms with E-state index < -0.39 is 0 Å². The first-order valence-electron chi connectivity index (χ1n) is 10.9. The zero-order valence-electron chi connectivity index (χ0n) is 19.5. The van der Waals surface area contributed by atoms with Crippen molar-refractivity contribution in [3.05, 3.63) is 70.5 Å². The first-order valence-corrected chi connectivity index (χ1v) is 11.6. The van der Waals surface area contributed by atoms with E-state index in [9.17, 15) is 9.90 Å². The maximum atomic E-state index is 12.4. The molecule has 2 aromatic carbocycles. The summed E-state index contributed by atoms with van der Waals surface area (Å²) in [4.78, 5) is 23.3. The number of phenols is 1. The van der Waals surface area contributed by atoms with Gasteiger partial charge in [0.2, 0.25) is 5.88 Å². The summed E-state index contributed by atoms with van der Waals surface area (Å²) < 4.78 is 5.66. The smallest absolute Gasteiger partial charge is 0.213 e. The van der Waals surface area contributed by atoms with Gasteiger partial charge in [-0.2, -0.15) is 0 Å². The zero-order valence-corrected chi connectivity index (χ0v) is 21.0. The van der Waals surface area contributed by atoms with Crippen LogP contribution < -0.4 is 10.1 Å². The topological polar surface area (TPSA) is 87.6 Å². The van der Waals surface area contributed by atoms with Gasteiger partial charge in [-0.15, -0.1) is 0 Å². The highest BCUT2D eigenvalue weighted by Gasteiger charge is 2.15. The number of aromatic nitrogens is 2. The maximum absolute atomic E-state index is 12.4. The summed E-state index contributed by atoms with van der Waals surface area (Å²) in [6.45, 7) is 2.81. The van der Waals surface area contributed by atoms with E-state index in [0.717, 1.165) is 23.1 Å². The highest BCUT2D eigenvalue weighted by atomic mass is 35.5. The monoisotopic (exact) mass is 526 g/mol. The van der Waals surface area contributed by atoms with Gasteiger partial charge in [-0.25, -0.2) is 4.98 Å². The Kier molecular flexibility index (Phi) is 8.74. The van der Waals surface area contributed by atoms with Crippen LogP contribution in [0, 0.1) is 0 Å². The van der Waals surface area contributed by atoms with Crippen LogP contribution in [-0.4, -0.2) is 53.0 Å². The van der Waals surface area contributed by atoms with Crippen molar-refractivity contribution in [1.82, 2.24) is 14.9 Å². The number of hydrogen-bond acceptors (Lipinski definition) is 7. The summed E-state index contributed by atoms with van der Waals surface area (Å²) in [6, 6.07) is 12.5. The van der Waals surface area contributed by atoms with E-state index in [1.165, 1.54) is 6.92 Å². The fourth-order valence-corrected chi connectivity index (χ4v) is 4.01. The van der Waals surface area contributed by atoms with Crippen molar-refractivity contribution in [3.8, 4) is 22.8 Å². The third-order valence-corrected chi connectivity index (χ3v) is 5.97. The molecule has 0 saturated carbocycles. The number of halogens is 2. The van der Waals surface area contributed by atoms with Crippen molar-refractivity contribution in [2.75, 3.05) is 32.6 Å². The van der Waals surface area contributed by atoms with Gasteiger partial charge in [0.05, 0.1) is 38.7 Å². The van der Waals surface area contributed by atoms with Crippen LogP contribution in [0.1, 0.15) is 24.7 Å². The van der Waals surface area contributed by atoms with Gasteiger partial charge in [0, 0.05) is 24.2 Å². The van der Waals surface area contributed by atoms with Gasteiger partial charge in [-0.1, -0.05) is 36.7 Å². The molecule has 36 heavy (non-hydrogen) atoms. The number of anilines is 2. The lowest BCUT2D eigenvalue weighted by molar-refractivity contribution is 0.101. The first-order chi connectivity index (χ1) is 16.7. The highest BCUT2D eigenvalue weighted by Crippen LogP contribution is 2.38. The number of ether oxygens (including phenoxy) is 1. The number of aromatic hydroxyl groups is 1. The van der Waals surface area contributed by atoms with Gasteiger partial charge in [0.15, 0.2) is 11.5 Å². The Morgan fingerprint density at radius 3 is 2.36 bits per heavy atom. The second kappa shape index (κ2) is 11.6. The SMILES string of the molecule is C.CC(=O)c1cnc2ccc(-c3cc(Cl)c(O)c(Cl)c3)cc2c1Nc1ccc(OCCN(C)C)nc1. The molecule has 7 nitrogen and oxygen atoms in total. The average Bonchev–Trinajstić information content (AvgIpc) is 2.82. The molecule has 0 bridgehead atoms. The van der Waals surface area contributed by atoms with Crippen molar-refractivity contribution in [2.24, 2.45) is 0 Å². The Morgan fingerprint density at radius 2 is 1.75 bits per heavy atom. The minimum Gasteiger partial charge on any atom is -0.505 e. The van der Waals surface area contributed by atoms with E-state index in [1.54, 1.807) is 30.6 Å². The number of likely N-dealkylation sites (N-methyl/N-ethyl adjacent to an activating group) is 1. The summed E-state index contributed by atoms with van der Waals surface area (Å²) in [5.74, 6) is 0.231. The van der Waals surface area contributed by atoms with Crippen molar-refractivity contribution in [3.63, 3.8) is 0 Å². The van der Waals surface area contributed by atoms with Crippen molar-refractivity contribution in [2.45, 2.75) is 14.4 Å². The van der Waals surface area contributed by atoms with E-state index in [0.29, 0.717) is 34.9 Å². The first kappa shape index (κ1) is 27.2. The molecular weight excluding hydrogens is 499 g/mol. The molecule has 0 amide bonds. The highest BCUT2D eigenvalue weighted by molar-refractivity contribution is 6.37. The Hall–Kier alpha value is -3.39. The third kappa shape index (κ3) is 6.05. The quantitative estimate of drug-likeness (QED) is 0.243. The van der Waals surface area contributed by atoms with Crippen LogP contribution in [0.5, 0.6) is 11.6 Å². The lowest BCUT2D eigenvalue weighted by atomic mass is 10.00. The van der Waals surface area contributed by atoms with Crippen LogP contribution in [0.3, 0.4) is 0 Å². The molecule has 4 aromatic rings. The fraction of sp³-hybridized carbons (Fsp3) is 0.222. The van der Waals surface area contributed by atoms with E-state index in [2.05, 4.69) is 15.3 Å². The van der Waals surface area contributed by atoms with Gasteiger partial charge in [-0.3, -0.25) is 9.78 Å². The summed E-state index contributed by atoms with van der Waals surface area (Å²) in [5, 5.41) is 14.3. The number of ketones is 1. The Bertz CT molecular complexity index is 1370. The molecule has 0 saturated heterocycles. The molecule has 0 aliphatic heterocycles.